The summed E-state index contributed by atoms with van der Waals surface area (Å²) in [6, 6.07) is 0. The number of hydrogen-bond donors (Lipinski definition) is 0. The van der Waals surface area contributed by atoms with Crippen molar-refractivity contribution in [1.29, 1.82) is 0 Å². The Kier molecular flexibility index (Phi) is 2220. The van der Waals surface area contributed by atoms with Crippen molar-refractivity contribution in [3.05, 3.63) is 0 Å². The molecule has 0 aliphatic heterocycles. The summed E-state index contributed by atoms with van der Waals surface area (Å²) in [7, 11) is 0. The van der Waals surface area contributed by atoms with Crippen molar-refractivity contribution in [3.8, 4) is 0 Å². The van der Waals surface area contributed by atoms with Gasteiger partial charge in [0.05, 0.1) is 0 Å². The first-order chi connectivity index (χ1) is 0. The second kappa shape index (κ2) is 148. The molecule has 0 amide bonds. The van der Waals surface area contributed by atoms with Crippen molar-refractivity contribution in [2.75, 3.05) is 0 Å². The minimum Gasteiger partial charge on any atom is 0 e. The molecule has 0 spiro atoms. The molecule has 0 bridgehead atoms. The van der Waals surface area contributed by atoms with Crippen molar-refractivity contribution < 1.29 is 96.8 Å². The first kappa shape index (κ1) is 179. The Bertz CT molecular complexity index is 19.4. The molecule has 0 aromatic heterocycles. The maximum Gasteiger partial charge on any atom is 0 e. The van der Waals surface area contributed by atoms with Gasteiger partial charge < -0.3 is 38.3 Å². The van der Waals surface area contributed by atoms with E-state index in [2.05, 4.69) is 0 Å². The van der Waals surface area contributed by atoms with Crippen molar-refractivity contribution >= 4 is 103 Å². The molecule has 0 saturated heterocycles. The molecule has 0 heterocycles. The summed E-state index contributed by atoms with van der Waals surface area (Å²) in [5.41, 5.74) is 0. The molecule has 12 heteroatoms. The van der Waals surface area contributed by atoms with E-state index in [4.69, 9.17) is 0 Å². The van der Waals surface area contributed by atoms with E-state index in [1.807, 2.05) is 0 Å². The topological polar surface area (TPSA) is 220 Å². The molecule has 0 aliphatic carbocycles. The van der Waals surface area contributed by atoms with Gasteiger partial charge in [0.15, 0.2) is 0 Å². The van der Waals surface area contributed by atoms with Crippen LogP contribution in [0.25, 0.3) is 0 Å². The third-order valence-corrected chi connectivity index (χ3v) is 0. The van der Waals surface area contributed by atoms with Gasteiger partial charge in [-0.25, -0.2) is 0 Å². The van der Waals surface area contributed by atoms with Crippen LogP contribution in [0.2, 0.25) is 0 Å². The molecule has 7 nitrogen and oxygen atoms in total. The minimum atomic E-state index is 0. The van der Waals surface area contributed by atoms with Crippen molar-refractivity contribution in [2.45, 2.75) is 0 Å². The van der Waals surface area contributed by atoms with E-state index in [0.717, 1.165) is 0 Å². The third-order valence-electron chi connectivity index (χ3n) is 0. The molecule has 0 saturated carbocycles. The van der Waals surface area contributed by atoms with Crippen molar-refractivity contribution in [1.82, 2.24) is 0 Å². The zero-order chi connectivity index (χ0) is 0. The fourth-order valence-corrected chi connectivity index (χ4v) is 0. The minimum absolute atomic E-state index is 0. The quantitative estimate of drug-likeness (QED) is 0.277. The molecule has 1 radical (unpaired) electrons. The standard InChI is InChI=1S/2K.7H2O.Rh.2Ru.2H/h;;7*1H2;;;;;. The molecule has 0 atom stereocenters. The SMILES string of the molecule is O.O.O.O.O.O.O.[KH].[KH].[Rh].[Ru].[Ru]. The Morgan fingerprint density at radius 2 is 0.333 bits per heavy atom. The molecule has 0 aromatic carbocycles. The van der Waals surface area contributed by atoms with Crippen LogP contribution in [-0.4, -0.2) is 141 Å². The number of rotatable bonds is 0. The van der Waals surface area contributed by atoms with E-state index >= 15 is 0 Å². The molecule has 0 rings (SSSR count). The van der Waals surface area contributed by atoms with Gasteiger partial charge in [-0.15, -0.1) is 0 Å². The predicted octanol–water partition coefficient (Wildman–Crippen LogP) is -7.08. The van der Waals surface area contributed by atoms with Gasteiger partial charge in [0.2, 0.25) is 0 Å². The van der Waals surface area contributed by atoms with E-state index in [1.54, 1.807) is 0 Å². The van der Waals surface area contributed by atoms with Crippen LogP contribution in [0.5, 0.6) is 0 Å². The third kappa shape index (κ3) is 121. The van der Waals surface area contributed by atoms with Gasteiger partial charge in [0, 0.05) is 58.4 Å². The molecular weight excluding hydrogens is 495 g/mol. The zero-order valence-corrected chi connectivity index (χ0v) is 9.66. The smallest absolute Gasteiger partial charge is 0 e. The van der Waals surface area contributed by atoms with Gasteiger partial charge in [-0.3, -0.25) is 0 Å². The Morgan fingerprint density at radius 3 is 0.333 bits per heavy atom. The Labute approximate surface area is 194 Å². The van der Waals surface area contributed by atoms with Crippen molar-refractivity contribution in [3.63, 3.8) is 0 Å². The van der Waals surface area contributed by atoms with E-state index in [9.17, 15) is 0 Å². The summed E-state index contributed by atoms with van der Waals surface area (Å²) in [5.74, 6) is 0. The normalized spacial score (nSPS) is 0. The first-order valence-corrected chi connectivity index (χ1v) is 0. The predicted molar refractivity (Wildman–Crippen MR) is 39.6 cm³/mol. The summed E-state index contributed by atoms with van der Waals surface area (Å²) < 4.78 is 0. The van der Waals surface area contributed by atoms with Crippen LogP contribution in [-0.2, 0) is 58.4 Å². The summed E-state index contributed by atoms with van der Waals surface area (Å²) in [5, 5.41) is 0. The summed E-state index contributed by atoms with van der Waals surface area (Å²) >= 11 is 0. The average Bonchev–Trinajstić information content (AvgIpc) is 0. The molecule has 0 aromatic rings. The van der Waals surface area contributed by atoms with Crippen LogP contribution in [0, 0.1) is 0 Å². The molecule has 0 unspecified atom stereocenters. The van der Waals surface area contributed by atoms with Crippen LogP contribution in [0.4, 0.5) is 0 Å². The molecule has 0 aliphatic rings. The van der Waals surface area contributed by atoms with Crippen LogP contribution < -0.4 is 0 Å². The van der Waals surface area contributed by atoms with Crippen LogP contribution in [0.3, 0.4) is 0 Å². The van der Waals surface area contributed by atoms with Gasteiger partial charge in [-0.05, 0) is 0 Å². The fraction of sp³-hybridized carbons (Fsp3) is 0. The maximum absolute atomic E-state index is 0. The van der Waals surface area contributed by atoms with Crippen LogP contribution >= 0.6 is 0 Å². The maximum atomic E-state index is 0. The van der Waals surface area contributed by atoms with Gasteiger partial charge in [-0.1, -0.05) is 0 Å². The van der Waals surface area contributed by atoms with Gasteiger partial charge >= 0.3 is 103 Å². The molecule has 14 N–H and O–H groups in total. The average molecular weight is 511 g/mol. The zero-order valence-electron chi connectivity index (χ0n) is 4.54. The van der Waals surface area contributed by atoms with E-state index in [1.165, 1.54) is 0 Å². The van der Waals surface area contributed by atoms with Crippen LogP contribution in [0.15, 0.2) is 0 Å². The number of hydrogen-bond acceptors (Lipinski definition) is 0. The molecule has 85 valence electrons. The van der Waals surface area contributed by atoms with Gasteiger partial charge in [0.1, 0.15) is 0 Å². The second-order valence-corrected chi connectivity index (χ2v) is 0. The van der Waals surface area contributed by atoms with Gasteiger partial charge in [-0.2, -0.15) is 0 Å². The fourth-order valence-electron chi connectivity index (χ4n) is 0. The van der Waals surface area contributed by atoms with E-state index < -0.39 is 0 Å². The summed E-state index contributed by atoms with van der Waals surface area (Å²) in [6.45, 7) is 0. The summed E-state index contributed by atoms with van der Waals surface area (Å²) in [4.78, 5) is 0. The molecule has 12 heavy (non-hydrogen) atoms. The first-order valence-electron chi connectivity index (χ1n) is 0. The monoisotopic (exact) mass is 513 g/mol. The van der Waals surface area contributed by atoms with E-state index in [0.29, 0.717) is 0 Å². The molecule has 0 fully saturated rings. The Hall–Kier alpha value is 4.86. The second-order valence-electron chi connectivity index (χ2n) is 0. The van der Waals surface area contributed by atoms with Crippen LogP contribution in [0.1, 0.15) is 0 Å². The molecular formula is H16K2O7RhRu2. The largest absolute Gasteiger partial charge is 0 e. The Balaban J connectivity index is 0. The van der Waals surface area contributed by atoms with Crippen molar-refractivity contribution in [2.24, 2.45) is 0 Å². The Morgan fingerprint density at radius 1 is 0.333 bits per heavy atom. The van der Waals surface area contributed by atoms with E-state index in [-0.39, 0.29) is 200 Å². The van der Waals surface area contributed by atoms with Gasteiger partial charge in [0.25, 0.3) is 0 Å². The summed E-state index contributed by atoms with van der Waals surface area (Å²) in [6.07, 6.45) is 0.